The maximum absolute atomic E-state index is 5.63. The minimum absolute atomic E-state index is 0.478. The topological polar surface area (TPSA) is 69.9 Å². The number of hydrogen-bond donors (Lipinski definition) is 2. The van der Waals surface area contributed by atoms with Crippen LogP contribution in [0.1, 0.15) is 0 Å². The summed E-state index contributed by atoms with van der Waals surface area (Å²) in [7, 11) is 0. The Bertz CT molecular complexity index is 434. The number of nitrogen functional groups attached to an aromatic ring is 2. The summed E-state index contributed by atoms with van der Waals surface area (Å²) in [6, 6.07) is 5.80. The van der Waals surface area contributed by atoms with Crippen LogP contribution >= 0.6 is 22.6 Å². The van der Waals surface area contributed by atoms with E-state index in [4.69, 9.17) is 11.6 Å². The Labute approximate surface area is 82.6 Å². The van der Waals surface area contributed by atoms with Crippen LogP contribution in [0.5, 0.6) is 0 Å². The largest absolute Gasteiger partial charge is 0.382 e. The minimum Gasteiger partial charge on any atom is -0.382 e. The smallest absolute Gasteiger partial charge is 0.155 e. The van der Waals surface area contributed by atoms with Gasteiger partial charge in [0.05, 0.1) is 0 Å². The molecule has 0 aliphatic carbocycles. The molecule has 0 fully saturated rings. The van der Waals surface area contributed by atoms with Crippen molar-refractivity contribution in [2.45, 2.75) is 0 Å². The van der Waals surface area contributed by atoms with Gasteiger partial charge < -0.3 is 11.6 Å². The van der Waals surface area contributed by atoms with Gasteiger partial charge in [0, 0.05) is 8.96 Å². The number of para-hydroxylation sites is 1. The standard InChI is InChI=1S/C7H7IN4/c8-5-3-1-2-4-6(5)12(10)11-7(4)9/h1-3H,10H2,(H2,9,11). The molecule has 0 aliphatic rings. The van der Waals surface area contributed by atoms with Crippen LogP contribution in [0.2, 0.25) is 0 Å². The normalized spacial score (nSPS) is 10.8. The van der Waals surface area contributed by atoms with Crippen molar-refractivity contribution in [3.63, 3.8) is 0 Å². The summed E-state index contributed by atoms with van der Waals surface area (Å²) >= 11 is 2.20. The molecular formula is C7H7IN4. The molecule has 0 unspecified atom stereocenters. The first-order valence-corrected chi connectivity index (χ1v) is 4.46. The molecule has 4 N–H and O–H groups in total. The van der Waals surface area contributed by atoms with Crippen LogP contribution < -0.4 is 11.6 Å². The van der Waals surface area contributed by atoms with E-state index in [-0.39, 0.29) is 0 Å². The highest BCUT2D eigenvalue weighted by atomic mass is 127. The van der Waals surface area contributed by atoms with Gasteiger partial charge in [0.15, 0.2) is 5.82 Å². The second-order valence-electron chi connectivity index (χ2n) is 2.47. The SMILES string of the molecule is Nc1nn(N)c2c(I)cccc12. The lowest BCUT2D eigenvalue weighted by atomic mass is 10.2. The predicted molar refractivity (Wildman–Crippen MR) is 57.0 cm³/mol. The number of fused-ring (bicyclic) bond motifs is 1. The van der Waals surface area contributed by atoms with Gasteiger partial charge in [0.1, 0.15) is 5.52 Å². The number of anilines is 1. The predicted octanol–water partition coefficient (Wildman–Crippen LogP) is 0.937. The highest BCUT2D eigenvalue weighted by Crippen LogP contribution is 2.23. The van der Waals surface area contributed by atoms with Gasteiger partial charge in [0.2, 0.25) is 0 Å². The fraction of sp³-hybridized carbons (Fsp3) is 0. The molecule has 1 aromatic carbocycles. The Kier molecular flexibility index (Phi) is 1.60. The van der Waals surface area contributed by atoms with Crippen molar-refractivity contribution in [3.05, 3.63) is 21.8 Å². The van der Waals surface area contributed by atoms with E-state index in [1.165, 1.54) is 4.79 Å². The van der Waals surface area contributed by atoms with Gasteiger partial charge in [0.25, 0.3) is 0 Å². The zero-order valence-corrected chi connectivity index (χ0v) is 8.32. The summed E-state index contributed by atoms with van der Waals surface area (Å²) in [6.45, 7) is 0. The zero-order valence-electron chi connectivity index (χ0n) is 6.16. The van der Waals surface area contributed by atoms with Crippen molar-refractivity contribution in [1.82, 2.24) is 9.89 Å². The number of nitrogens with zero attached hydrogens (tertiary/aromatic N) is 2. The number of halogens is 1. The Morgan fingerprint density at radius 2 is 2.17 bits per heavy atom. The molecule has 4 nitrogen and oxygen atoms in total. The lowest BCUT2D eigenvalue weighted by Crippen LogP contribution is -2.10. The number of aromatic nitrogens is 2. The zero-order chi connectivity index (χ0) is 8.72. The third-order valence-corrected chi connectivity index (χ3v) is 2.58. The van der Waals surface area contributed by atoms with Gasteiger partial charge in [-0.25, -0.2) is 0 Å². The van der Waals surface area contributed by atoms with Crippen LogP contribution in [0, 0.1) is 3.57 Å². The van der Waals surface area contributed by atoms with E-state index in [9.17, 15) is 0 Å². The molecule has 1 aromatic heterocycles. The van der Waals surface area contributed by atoms with Crippen LogP contribution in [0.15, 0.2) is 18.2 Å². The molecule has 0 saturated carbocycles. The lowest BCUT2D eigenvalue weighted by Gasteiger charge is -1.95. The minimum atomic E-state index is 0.478. The van der Waals surface area contributed by atoms with Crippen molar-refractivity contribution in [2.75, 3.05) is 11.6 Å². The van der Waals surface area contributed by atoms with Gasteiger partial charge in [-0.3, -0.25) is 0 Å². The molecule has 0 aliphatic heterocycles. The maximum Gasteiger partial charge on any atom is 0.155 e. The number of nitrogens with two attached hydrogens (primary N) is 2. The first-order valence-electron chi connectivity index (χ1n) is 3.38. The van der Waals surface area contributed by atoms with Gasteiger partial charge >= 0.3 is 0 Å². The number of benzene rings is 1. The molecule has 0 bridgehead atoms. The van der Waals surface area contributed by atoms with E-state index in [2.05, 4.69) is 27.7 Å². The second kappa shape index (κ2) is 2.51. The molecule has 0 radical (unpaired) electrons. The van der Waals surface area contributed by atoms with E-state index in [1.54, 1.807) is 0 Å². The van der Waals surface area contributed by atoms with Crippen molar-refractivity contribution >= 4 is 39.3 Å². The molecule has 1 heterocycles. The summed E-state index contributed by atoms with van der Waals surface area (Å²) in [5.41, 5.74) is 6.52. The van der Waals surface area contributed by atoms with E-state index >= 15 is 0 Å². The molecule has 0 atom stereocenters. The van der Waals surface area contributed by atoms with E-state index in [1.807, 2.05) is 18.2 Å². The Morgan fingerprint density at radius 3 is 2.83 bits per heavy atom. The summed E-state index contributed by atoms with van der Waals surface area (Å²) in [6.07, 6.45) is 0. The first-order chi connectivity index (χ1) is 5.70. The van der Waals surface area contributed by atoms with E-state index < -0.39 is 0 Å². The van der Waals surface area contributed by atoms with Crippen LogP contribution in [0.25, 0.3) is 10.9 Å². The molecule has 5 heteroatoms. The molecule has 12 heavy (non-hydrogen) atoms. The molecule has 0 spiro atoms. The van der Waals surface area contributed by atoms with Crippen molar-refractivity contribution < 1.29 is 0 Å². The Hall–Kier alpha value is -0.980. The second-order valence-corrected chi connectivity index (χ2v) is 3.63. The highest BCUT2D eigenvalue weighted by Gasteiger charge is 2.07. The van der Waals surface area contributed by atoms with Crippen molar-refractivity contribution in [2.24, 2.45) is 0 Å². The molecule has 2 aromatic rings. The summed E-state index contributed by atoms with van der Waals surface area (Å²) < 4.78 is 1.05. The van der Waals surface area contributed by atoms with Crippen molar-refractivity contribution in [3.8, 4) is 0 Å². The fourth-order valence-electron chi connectivity index (χ4n) is 1.17. The number of rotatable bonds is 0. The highest BCUT2D eigenvalue weighted by molar-refractivity contribution is 14.1. The van der Waals surface area contributed by atoms with Crippen molar-refractivity contribution in [1.29, 1.82) is 0 Å². The summed E-state index contributed by atoms with van der Waals surface area (Å²) in [5.74, 6) is 6.08. The summed E-state index contributed by atoms with van der Waals surface area (Å²) in [4.78, 5) is 1.31. The average molecular weight is 274 g/mol. The average Bonchev–Trinajstić information content (AvgIpc) is 2.29. The maximum atomic E-state index is 5.63. The molecule has 2 rings (SSSR count). The van der Waals surface area contributed by atoms with Gasteiger partial charge in [-0.05, 0) is 34.7 Å². The number of hydrogen-bond acceptors (Lipinski definition) is 3. The molecule has 0 amide bonds. The summed E-state index contributed by atoms with van der Waals surface area (Å²) in [5, 5.41) is 4.83. The van der Waals surface area contributed by atoms with E-state index in [0.29, 0.717) is 5.82 Å². The lowest BCUT2D eigenvalue weighted by molar-refractivity contribution is 0.867. The fourth-order valence-corrected chi connectivity index (χ4v) is 1.92. The van der Waals surface area contributed by atoms with Crippen LogP contribution in [-0.2, 0) is 0 Å². The Morgan fingerprint density at radius 1 is 1.42 bits per heavy atom. The third kappa shape index (κ3) is 0.927. The van der Waals surface area contributed by atoms with Crippen LogP contribution in [0.3, 0.4) is 0 Å². The Balaban J connectivity index is 2.99. The van der Waals surface area contributed by atoms with Gasteiger partial charge in [-0.15, -0.1) is 5.10 Å². The first kappa shape index (κ1) is 7.66. The quantitative estimate of drug-likeness (QED) is 0.554. The molecule has 62 valence electrons. The molecular weight excluding hydrogens is 267 g/mol. The third-order valence-electron chi connectivity index (χ3n) is 1.71. The van der Waals surface area contributed by atoms with Gasteiger partial charge in [-0.2, -0.15) is 4.79 Å². The van der Waals surface area contributed by atoms with Crippen LogP contribution in [0.4, 0.5) is 5.82 Å². The monoisotopic (exact) mass is 274 g/mol. The van der Waals surface area contributed by atoms with Crippen LogP contribution in [-0.4, -0.2) is 9.89 Å². The van der Waals surface area contributed by atoms with E-state index in [0.717, 1.165) is 14.5 Å². The van der Waals surface area contributed by atoms with Gasteiger partial charge in [-0.1, -0.05) is 6.07 Å². The molecule has 0 saturated heterocycles.